The van der Waals surface area contributed by atoms with Crippen molar-refractivity contribution >= 4 is 58.5 Å². The number of nitrogens with one attached hydrogen (secondary N) is 1. The minimum absolute atomic E-state index is 0.0894. The van der Waals surface area contributed by atoms with Crippen LogP contribution in [0.15, 0.2) is 16.7 Å². The Labute approximate surface area is 212 Å². The van der Waals surface area contributed by atoms with Gasteiger partial charge in [-0.05, 0) is 60.4 Å². The third kappa shape index (κ3) is 6.90. The first-order chi connectivity index (χ1) is 15.2. The van der Waals surface area contributed by atoms with Gasteiger partial charge < -0.3 is 14.5 Å². The molecular weight excluding hydrogens is 522 g/mol. The standard InChI is InChI=1S/C24H37BrClN3O3Si/c1-9-11-12-24(6,15-32-33(7,8)23(3,4)5)29-20-18(22(30)31-10-2)21(26)28-17-13-16(25)14-27-19(17)20/h13-14H,9-12,15H2,1-8H3,(H,28,29). The summed E-state index contributed by atoms with van der Waals surface area (Å²) in [5, 5.41) is 3.80. The Balaban J connectivity index is 2.60. The summed E-state index contributed by atoms with van der Waals surface area (Å²) in [7, 11) is -1.98. The van der Waals surface area contributed by atoms with E-state index in [2.05, 4.69) is 78.9 Å². The van der Waals surface area contributed by atoms with E-state index in [4.69, 9.17) is 20.8 Å². The minimum Gasteiger partial charge on any atom is -0.462 e. The number of aromatic nitrogens is 2. The zero-order valence-corrected chi connectivity index (χ0v) is 24.4. The minimum atomic E-state index is -1.98. The van der Waals surface area contributed by atoms with Crippen molar-refractivity contribution in [2.24, 2.45) is 0 Å². The lowest BCUT2D eigenvalue weighted by atomic mass is 9.94. The molecule has 0 fully saturated rings. The van der Waals surface area contributed by atoms with Gasteiger partial charge in [0.1, 0.15) is 16.2 Å². The van der Waals surface area contributed by atoms with E-state index < -0.39 is 19.8 Å². The molecule has 0 saturated heterocycles. The molecule has 0 aliphatic carbocycles. The second-order valence-corrected chi connectivity index (χ2v) is 16.3. The van der Waals surface area contributed by atoms with Crippen LogP contribution in [0.2, 0.25) is 23.3 Å². The van der Waals surface area contributed by atoms with E-state index in [0.717, 1.165) is 23.7 Å². The zero-order chi connectivity index (χ0) is 25.0. The molecule has 0 bridgehead atoms. The number of carbonyl (C=O) groups excluding carboxylic acids is 1. The van der Waals surface area contributed by atoms with Crippen molar-refractivity contribution in [1.82, 2.24) is 9.97 Å². The smallest absolute Gasteiger partial charge is 0.343 e. The number of nitrogens with zero attached hydrogens (tertiary/aromatic N) is 2. The monoisotopic (exact) mass is 557 g/mol. The first kappa shape index (κ1) is 28.0. The quantitative estimate of drug-likeness (QED) is 0.184. The summed E-state index contributed by atoms with van der Waals surface area (Å²) in [6, 6.07) is 1.84. The Morgan fingerprint density at radius 3 is 2.48 bits per heavy atom. The molecule has 0 aliphatic rings. The molecule has 1 atom stereocenters. The van der Waals surface area contributed by atoms with Crippen LogP contribution in [0.3, 0.4) is 0 Å². The zero-order valence-electron chi connectivity index (χ0n) is 21.1. The van der Waals surface area contributed by atoms with Gasteiger partial charge in [0.25, 0.3) is 0 Å². The summed E-state index contributed by atoms with van der Waals surface area (Å²) in [6.07, 6.45) is 4.60. The van der Waals surface area contributed by atoms with E-state index in [1.165, 1.54) is 0 Å². The average Bonchev–Trinajstić information content (AvgIpc) is 2.70. The third-order valence-corrected chi connectivity index (χ3v) is 11.5. The number of unbranched alkanes of at least 4 members (excludes halogenated alkanes) is 1. The van der Waals surface area contributed by atoms with Gasteiger partial charge in [0, 0.05) is 10.7 Å². The fourth-order valence-electron chi connectivity index (χ4n) is 3.20. The van der Waals surface area contributed by atoms with E-state index in [1.54, 1.807) is 13.1 Å². The highest BCUT2D eigenvalue weighted by atomic mass is 79.9. The summed E-state index contributed by atoms with van der Waals surface area (Å²) in [5.41, 5.74) is 1.46. The van der Waals surface area contributed by atoms with Gasteiger partial charge in [-0.1, -0.05) is 52.1 Å². The van der Waals surface area contributed by atoms with Gasteiger partial charge in [0.05, 0.1) is 30.0 Å². The van der Waals surface area contributed by atoms with Crippen molar-refractivity contribution in [3.05, 3.63) is 27.5 Å². The van der Waals surface area contributed by atoms with Crippen LogP contribution in [-0.2, 0) is 9.16 Å². The molecule has 1 unspecified atom stereocenters. The molecule has 6 nitrogen and oxygen atoms in total. The summed E-state index contributed by atoms with van der Waals surface area (Å²) >= 11 is 9.96. The van der Waals surface area contributed by atoms with E-state index in [-0.39, 0.29) is 22.4 Å². The Morgan fingerprint density at radius 2 is 1.91 bits per heavy atom. The predicted molar refractivity (Wildman–Crippen MR) is 143 cm³/mol. The Hall–Kier alpha value is -1.22. The lowest BCUT2D eigenvalue weighted by molar-refractivity contribution is 0.0527. The van der Waals surface area contributed by atoms with Gasteiger partial charge in [-0.25, -0.2) is 9.78 Å². The maximum Gasteiger partial charge on any atom is 0.343 e. The molecule has 0 saturated carbocycles. The van der Waals surface area contributed by atoms with E-state index >= 15 is 0 Å². The second-order valence-electron chi connectivity index (χ2n) is 10.2. The molecule has 2 rings (SSSR count). The summed E-state index contributed by atoms with van der Waals surface area (Å²) < 4.78 is 12.7. The van der Waals surface area contributed by atoms with Gasteiger partial charge in [-0.15, -0.1) is 0 Å². The number of esters is 1. The highest BCUT2D eigenvalue weighted by molar-refractivity contribution is 9.10. The normalized spacial score (nSPS) is 14.2. The van der Waals surface area contributed by atoms with E-state index in [1.807, 2.05) is 6.07 Å². The molecule has 9 heteroatoms. The van der Waals surface area contributed by atoms with Gasteiger partial charge in [0.15, 0.2) is 8.32 Å². The van der Waals surface area contributed by atoms with Crippen molar-refractivity contribution in [2.75, 3.05) is 18.5 Å². The maximum atomic E-state index is 12.9. The molecule has 0 aliphatic heterocycles. The Kier molecular flexibility index (Phi) is 9.35. The fourth-order valence-corrected chi connectivity index (χ4v) is 4.89. The van der Waals surface area contributed by atoms with Crippen LogP contribution in [0.25, 0.3) is 11.0 Å². The molecule has 2 aromatic rings. The van der Waals surface area contributed by atoms with Crippen LogP contribution in [0.1, 0.15) is 71.2 Å². The molecule has 2 heterocycles. The number of halogens is 2. The molecule has 2 aromatic heterocycles. The van der Waals surface area contributed by atoms with Gasteiger partial charge in [-0.2, -0.15) is 0 Å². The first-order valence-electron chi connectivity index (χ1n) is 11.5. The summed E-state index contributed by atoms with van der Waals surface area (Å²) in [4.78, 5) is 21.9. The first-order valence-corrected chi connectivity index (χ1v) is 15.6. The molecule has 0 amide bonds. The fraction of sp³-hybridized carbons (Fsp3) is 0.625. The number of rotatable bonds is 10. The summed E-state index contributed by atoms with van der Waals surface area (Å²) in [6.45, 7) is 18.0. The van der Waals surface area contributed by atoms with Crippen molar-refractivity contribution in [1.29, 1.82) is 0 Å². The Bertz CT molecular complexity index is 997. The number of ether oxygens (including phenoxy) is 1. The van der Waals surface area contributed by atoms with Crippen LogP contribution in [-0.4, -0.2) is 43.0 Å². The highest BCUT2D eigenvalue weighted by Gasteiger charge is 2.39. The number of carbonyl (C=O) groups is 1. The van der Waals surface area contributed by atoms with Gasteiger partial charge in [-0.3, -0.25) is 4.98 Å². The second kappa shape index (κ2) is 11.0. The lowest BCUT2D eigenvalue weighted by Crippen LogP contribution is -2.48. The lowest BCUT2D eigenvalue weighted by Gasteiger charge is -2.41. The van der Waals surface area contributed by atoms with Crippen LogP contribution < -0.4 is 5.32 Å². The van der Waals surface area contributed by atoms with Gasteiger partial charge >= 0.3 is 5.97 Å². The predicted octanol–water partition coefficient (Wildman–Crippen LogP) is 7.61. The number of anilines is 1. The largest absolute Gasteiger partial charge is 0.462 e. The van der Waals surface area contributed by atoms with Crippen LogP contribution in [0.4, 0.5) is 5.69 Å². The molecule has 0 radical (unpaired) electrons. The number of fused-ring (bicyclic) bond motifs is 1. The van der Waals surface area contributed by atoms with E-state index in [9.17, 15) is 4.79 Å². The third-order valence-electron chi connectivity index (χ3n) is 6.29. The number of hydrogen-bond acceptors (Lipinski definition) is 6. The van der Waals surface area contributed by atoms with Crippen molar-refractivity contribution in [3.63, 3.8) is 0 Å². The molecular formula is C24H37BrClN3O3Si. The molecule has 33 heavy (non-hydrogen) atoms. The maximum absolute atomic E-state index is 12.9. The Morgan fingerprint density at radius 1 is 1.24 bits per heavy atom. The van der Waals surface area contributed by atoms with Crippen molar-refractivity contribution in [2.45, 2.75) is 84.5 Å². The molecule has 184 valence electrons. The van der Waals surface area contributed by atoms with Gasteiger partial charge in [0.2, 0.25) is 0 Å². The molecule has 1 N–H and O–H groups in total. The molecule has 0 aromatic carbocycles. The number of hydrogen-bond donors (Lipinski definition) is 1. The van der Waals surface area contributed by atoms with E-state index in [0.29, 0.717) is 23.3 Å². The highest BCUT2D eigenvalue weighted by Crippen LogP contribution is 2.39. The average molecular weight is 559 g/mol. The number of pyridine rings is 2. The SMILES string of the molecule is CCCCC(C)(CO[Si](C)(C)C(C)(C)C)Nc1c(C(=O)OCC)c(Cl)nc2cc(Br)cnc12. The van der Waals surface area contributed by atoms with Crippen LogP contribution >= 0.6 is 27.5 Å². The molecule has 0 spiro atoms. The summed E-state index contributed by atoms with van der Waals surface area (Å²) in [5.74, 6) is -0.521. The van der Waals surface area contributed by atoms with Crippen LogP contribution in [0.5, 0.6) is 0 Å². The van der Waals surface area contributed by atoms with Crippen molar-refractivity contribution < 1.29 is 14.0 Å². The topological polar surface area (TPSA) is 73.3 Å². The van der Waals surface area contributed by atoms with Crippen molar-refractivity contribution in [3.8, 4) is 0 Å². The van der Waals surface area contributed by atoms with Crippen LogP contribution in [0, 0.1) is 0 Å².